The number of rotatable bonds is 8. The van der Waals surface area contributed by atoms with Crippen LogP contribution in [0.1, 0.15) is 110 Å². The van der Waals surface area contributed by atoms with Crippen LogP contribution >= 0.6 is 0 Å². The summed E-state index contributed by atoms with van der Waals surface area (Å²) in [4.78, 5) is 5.62. The van der Waals surface area contributed by atoms with Crippen LogP contribution in [-0.2, 0) is 11.0 Å². The summed E-state index contributed by atoms with van der Waals surface area (Å²) < 4.78 is 0. The van der Waals surface area contributed by atoms with E-state index in [0.717, 1.165) is 25.7 Å². The largest absolute Gasteiger partial charge is 0.385 e. The Bertz CT molecular complexity index is 3690. The minimum absolute atomic E-state index is 0.0656. The summed E-state index contributed by atoms with van der Waals surface area (Å²) in [6.45, 7) is 14.6. The van der Waals surface area contributed by atoms with Gasteiger partial charge in [-0.3, -0.25) is 0 Å². The molecule has 0 saturated heterocycles. The highest BCUT2D eigenvalue weighted by molar-refractivity contribution is 6.93. The van der Waals surface area contributed by atoms with Gasteiger partial charge < -0.3 is 14.9 Å². The lowest BCUT2D eigenvalue weighted by molar-refractivity contribution is -0.132. The van der Waals surface area contributed by atoms with Crippen LogP contribution in [0.25, 0.3) is 44.5 Å². The SMILES string of the molecule is CC1CC2CC(C1)C(C13CC=CC=C1N(c1c(-c4ccccc4)cccc1-c1ccccc1)c1cc(C(C)(C)C)cc4c1B3c1c(cccc1C1(O)C(C)CC3CC(C)CC1C3)N4c1c(-c3ccccc3)cccc1-c1ccccc1)C2. The molecule has 0 spiro atoms. The fourth-order valence-electron chi connectivity index (χ4n) is 18.7. The topological polar surface area (TPSA) is 26.7 Å². The highest BCUT2D eigenvalue weighted by atomic mass is 16.3. The van der Waals surface area contributed by atoms with Gasteiger partial charge in [0.25, 0.3) is 0 Å². The number of fused-ring (bicyclic) bond motifs is 8. The maximum Gasteiger partial charge on any atom is 0.230 e. The van der Waals surface area contributed by atoms with E-state index >= 15 is 0 Å². The van der Waals surface area contributed by atoms with Crippen molar-refractivity contribution in [2.24, 2.45) is 47.3 Å². The van der Waals surface area contributed by atoms with E-state index in [-0.39, 0.29) is 29.3 Å². The van der Waals surface area contributed by atoms with Crippen molar-refractivity contribution in [3.05, 3.63) is 223 Å². The standard InChI is InChI=1S/C78H79BN2O/c1-50-40-54-45-59(42-50)67(47-54)77-39-20-19-38-71(77)81(75-64(57-28-15-9-16-29-57)34-22-35-65(75)58-30-17-10-18-31-58)70-49-60(76(4,5)6)48-69-73(70)79(77)72-66(78(82)52(3)44-53-41-51(2)43-61(78)46-53)36-23-37-68(72)80(69)74-62(55-24-11-7-12-25-55)32-21-33-63(74)56-26-13-8-14-27-56/h7-38,48-54,59,61,67,82H,39-47H2,1-6H3. The van der Waals surface area contributed by atoms with Crippen molar-refractivity contribution in [2.75, 3.05) is 9.80 Å². The average Bonchev–Trinajstić information content (AvgIpc) is 1.51. The molecule has 2 aliphatic heterocycles. The Labute approximate surface area is 488 Å². The lowest BCUT2D eigenvalue weighted by Crippen LogP contribution is -2.67. The van der Waals surface area contributed by atoms with Crippen LogP contribution in [0.2, 0.25) is 5.31 Å². The van der Waals surface area contributed by atoms with E-state index in [0.29, 0.717) is 35.5 Å². The number of hydrogen-bond acceptors (Lipinski definition) is 3. The summed E-state index contributed by atoms with van der Waals surface area (Å²) in [5, 5.41) is 14.4. The lowest BCUT2D eigenvalue weighted by Gasteiger charge is -2.60. The number of benzene rings is 8. The molecule has 7 aliphatic rings. The van der Waals surface area contributed by atoms with Crippen molar-refractivity contribution >= 4 is 46.1 Å². The second kappa shape index (κ2) is 19.8. The Morgan fingerprint density at radius 2 is 0.988 bits per heavy atom. The van der Waals surface area contributed by atoms with Gasteiger partial charge in [-0.05, 0) is 179 Å². The summed E-state index contributed by atoms with van der Waals surface area (Å²) in [6.07, 6.45) is 18.1. The number of hydrogen-bond donors (Lipinski definition) is 1. The monoisotopic (exact) mass is 1070 g/mol. The molecule has 8 aromatic carbocycles. The lowest BCUT2D eigenvalue weighted by atomic mass is 9.19. The third kappa shape index (κ3) is 8.00. The van der Waals surface area contributed by atoms with Gasteiger partial charge in [-0.2, -0.15) is 0 Å². The smallest absolute Gasteiger partial charge is 0.230 e. The molecule has 10 atom stereocenters. The number of allylic oxidation sites excluding steroid dienone is 4. The Morgan fingerprint density at radius 1 is 0.488 bits per heavy atom. The Hall–Kier alpha value is -7.14. The van der Waals surface area contributed by atoms with Crippen molar-refractivity contribution < 1.29 is 5.11 Å². The molecule has 410 valence electrons. The highest BCUT2D eigenvalue weighted by Crippen LogP contribution is 2.69. The molecule has 0 aromatic heterocycles. The molecule has 0 amide bonds. The molecular weight excluding hydrogens is 992 g/mol. The summed E-state index contributed by atoms with van der Waals surface area (Å²) in [7, 11) is 0. The molecule has 4 saturated carbocycles. The van der Waals surface area contributed by atoms with E-state index in [1.807, 2.05) is 0 Å². The van der Waals surface area contributed by atoms with E-state index in [1.54, 1.807) is 0 Å². The molecule has 1 N–H and O–H groups in total. The van der Waals surface area contributed by atoms with E-state index in [9.17, 15) is 5.11 Å². The molecule has 3 nitrogen and oxygen atoms in total. The molecule has 8 aromatic rings. The first kappa shape index (κ1) is 51.7. The van der Waals surface area contributed by atoms with Gasteiger partial charge in [0.05, 0.1) is 17.0 Å². The van der Waals surface area contributed by atoms with Gasteiger partial charge >= 0.3 is 0 Å². The quantitative estimate of drug-likeness (QED) is 0.154. The van der Waals surface area contributed by atoms with Gasteiger partial charge in [-0.25, -0.2) is 0 Å². The third-order valence-electron chi connectivity index (χ3n) is 21.8. The molecule has 0 radical (unpaired) electrons. The van der Waals surface area contributed by atoms with Crippen molar-refractivity contribution in [3.63, 3.8) is 0 Å². The second-order valence-electron chi connectivity index (χ2n) is 27.7. The zero-order valence-corrected chi connectivity index (χ0v) is 49.0. The van der Waals surface area contributed by atoms with Crippen LogP contribution < -0.4 is 20.7 Å². The average molecular weight is 1070 g/mol. The van der Waals surface area contributed by atoms with Gasteiger partial charge in [0, 0.05) is 50.3 Å². The van der Waals surface area contributed by atoms with Gasteiger partial charge in [0.2, 0.25) is 6.71 Å². The summed E-state index contributed by atoms with van der Waals surface area (Å²) in [5.74, 6) is 3.85. The van der Waals surface area contributed by atoms with Crippen LogP contribution in [0.4, 0.5) is 28.4 Å². The summed E-state index contributed by atoms with van der Waals surface area (Å²) in [5.41, 5.74) is 21.3. The van der Waals surface area contributed by atoms with Crippen molar-refractivity contribution in [1.82, 2.24) is 0 Å². The summed E-state index contributed by atoms with van der Waals surface area (Å²) >= 11 is 0. The van der Waals surface area contributed by atoms with Crippen LogP contribution in [0.15, 0.2) is 212 Å². The van der Waals surface area contributed by atoms with Crippen LogP contribution in [0.5, 0.6) is 0 Å². The van der Waals surface area contributed by atoms with Crippen LogP contribution in [0.3, 0.4) is 0 Å². The molecule has 4 bridgehead atoms. The zero-order valence-electron chi connectivity index (χ0n) is 49.0. The predicted octanol–water partition coefficient (Wildman–Crippen LogP) is 19.1. The van der Waals surface area contributed by atoms with Gasteiger partial charge in [0.15, 0.2) is 0 Å². The molecule has 4 heteroatoms. The Kier molecular flexibility index (Phi) is 12.5. The number of nitrogens with zero attached hydrogens (tertiary/aromatic N) is 2. The van der Waals surface area contributed by atoms with Crippen LogP contribution in [-0.4, -0.2) is 11.8 Å². The first-order valence-electron chi connectivity index (χ1n) is 31.4. The van der Waals surface area contributed by atoms with E-state index < -0.39 is 5.60 Å². The van der Waals surface area contributed by atoms with Crippen molar-refractivity contribution in [3.8, 4) is 44.5 Å². The van der Waals surface area contributed by atoms with Gasteiger partial charge in [0.1, 0.15) is 0 Å². The van der Waals surface area contributed by atoms with E-state index in [4.69, 9.17) is 0 Å². The minimum Gasteiger partial charge on any atom is -0.385 e. The molecule has 82 heavy (non-hydrogen) atoms. The fraction of sp³-hybridized carbons (Fsp3) is 0.333. The van der Waals surface area contributed by atoms with Gasteiger partial charge in [-0.15, -0.1) is 0 Å². The number of para-hydroxylation sites is 2. The van der Waals surface area contributed by atoms with E-state index in [2.05, 4.69) is 258 Å². The molecule has 15 rings (SSSR count). The first-order valence-corrected chi connectivity index (χ1v) is 31.4. The van der Waals surface area contributed by atoms with Crippen molar-refractivity contribution in [2.45, 2.75) is 116 Å². The third-order valence-corrected chi connectivity index (χ3v) is 21.8. The molecule has 4 fully saturated rings. The highest BCUT2D eigenvalue weighted by Gasteiger charge is 2.65. The molecule has 10 unspecified atom stereocenters. The molecule has 5 aliphatic carbocycles. The Balaban J connectivity index is 1.15. The zero-order chi connectivity index (χ0) is 55.6. The normalized spacial score (nSPS) is 27.8. The molecule has 2 heterocycles. The number of anilines is 5. The van der Waals surface area contributed by atoms with Gasteiger partial charge in [-0.1, -0.05) is 224 Å². The van der Waals surface area contributed by atoms with Crippen molar-refractivity contribution in [1.29, 1.82) is 0 Å². The predicted molar refractivity (Wildman–Crippen MR) is 345 cm³/mol. The fourth-order valence-corrected chi connectivity index (χ4v) is 18.7. The maximum absolute atomic E-state index is 14.7. The maximum atomic E-state index is 14.7. The number of aliphatic hydroxyl groups is 1. The van der Waals surface area contributed by atoms with E-state index in [1.165, 1.54) is 133 Å². The first-order chi connectivity index (χ1) is 39.9. The van der Waals surface area contributed by atoms with Crippen LogP contribution in [0, 0.1) is 47.3 Å². The molecular formula is C78H79BN2O. The minimum atomic E-state index is -1.03. The Morgan fingerprint density at radius 3 is 1.54 bits per heavy atom. The second-order valence-corrected chi connectivity index (χ2v) is 27.7. The summed E-state index contributed by atoms with van der Waals surface area (Å²) in [6, 6.07) is 71.5.